The van der Waals surface area contributed by atoms with Crippen molar-refractivity contribution >= 4 is 35.5 Å². The standard InChI is InChI=1S/C37H45ClN2O13/c1-24(37(46)53-33-16-12-25(20-34(33)49-2)13-17-36(45)50-18-19-52-40(47)48)39-35(44)11-6-4-3-5-10-29-30(32(43)22-31(29)42)15-14-27(41)23-51-28-9-7-8-26(38)21-28/h3,5,7-9,12-17,20-21,24,27,29-32,41-43H,4,6,10-11,18-19,22-23H2,1-2H3,(H,39,44)/b5-3-,15-14+,17-13+/t24?,27-,29-,30-,31+,32-/m1/s1. The van der Waals surface area contributed by atoms with Crippen LogP contribution in [0.25, 0.3) is 6.08 Å². The molecule has 6 atom stereocenters. The van der Waals surface area contributed by atoms with E-state index < -0.39 is 48.0 Å². The van der Waals surface area contributed by atoms with Gasteiger partial charge in [0.15, 0.2) is 11.5 Å². The second kappa shape index (κ2) is 22.2. The molecule has 0 bridgehead atoms. The molecule has 0 saturated heterocycles. The highest BCUT2D eigenvalue weighted by molar-refractivity contribution is 6.30. The monoisotopic (exact) mass is 760 g/mol. The number of amides is 1. The zero-order valence-electron chi connectivity index (χ0n) is 29.4. The summed E-state index contributed by atoms with van der Waals surface area (Å²) < 4.78 is 21.1. The summed E-state index contributed by atoms with van der Waals surface area (Å²) in [5.41, 5.74) is 0.511. The van der Waals surface area contributed by atoms with E-state index in [-0.39, 0.29) is 55.3 Å². The number of halogens is 1. The number of carbonyl (C=O) groups is 3. The highest BCUT2D eigenvalue weighted by Crippen LogP contribution is 2.36. The number of hydrogen-bond donors (Lipinski definition) is 4. The SMILES string of the molecule is COc1cc(/C=C/C(=O)OCCO[N+](=O)[O-])ccc1OC(=O)C(C)NC(=O)CCC/C=C\C[C@@H]1[C@@H](/C=C/[C@@H](O)COc2cccc(Cl)c2)[C@H](O)C[C@@H]1O. The van der Waals surface area contributed by atoms with Gasteiger partial charge in [0.25, 0.3) is 5.09 Å². The number of nitrogens with one attached hydrogen (secondary N) is 1. The normalized spacial score (nSPS) is 19.6. The first-order valence-corrected chi connectivity index (χ1v) is 17.3. The molecule has 53 heavy (non-hydrogen) atoms. The fraction of sp³-hybridized carbons (Fsp3) is 0.432. The van der Waals surface area contributed by atoms with E-state index in [9.17, 15) is 39.8 Å². The summed E-state index contributed by atoms with van der Waals surface area (Å²) in [5.74, 6) is -1.60. The van der Waals surface area contributed by atoms with Crippen molar-refractivity contribution in [2.24, 2.45) is 11.8 Å². The van der Waals surface area contributed by atoms with E-state index in [2.05, 4.69) is 10.2 Å². The second-order valence-corrected chi connectivity index (χ2v) is 12.5. The van der Waals surface area contributed by atoms with Gasteiger partial charge in [0.05, 0.1) is 19.3 Å². The Hall–Kier alpha value is -4.96. The summed E-state index contributed by atoms with van der Waals surface area (Å²) >= 11 is 5.96. The van der Waals surface area contributed by atoms with Crippen LogP contribution in [0.2, 0.25) is 5.02 Å². The van der Waals surface area contributed by atoms with Crippen LogP contribution >= 0.6 is 11.6 Å². The van der Waals surface area contributed by atoms with E-state index in [1.807, 2.05) is 12.2 Å². The van der Waals surface area contributed by atoms with E-state index in [1.54, 1.807) is 42.5 Å². The number of aliphatic hydroxyl groups excluding tert-OH is 3. The van der Waals surface area contributed by atoms with Crippen molar-refractivity contribution in [1.29, 1.82) is 0 Å². The highest BCUT2D eigenvalue weighted by atomic mass is 35.5. The molecular formula is C37H45ClN2O13. The van der Waals surface area contributed by atoms with Gasteiger partial charge in [-0.25, -0.2) is 9.59 Å². The Morgan fingerprint density at radius 1 is 1.09 bits per heavy atom. The lowest BCUT2D eigenvalue weighted by Crippen LogP contribution is -2.40. The molecule has 15 nitrogen and oxygen atoms in total. The summed E-state index contributed by atoms with van der Waals surface area (Å²) in [6, 6.07) is 10.4. The summed E-state index contributed by atoms with van der Waals surface area (Å²) in [4.78, 5) is 51.1. The molecule has 288 valence electrons. The molecular weight excluding hydrogens is 716 g/mol. The van der Waals surface area contributed by atoms with Crippen molar-refractivity contribution in [3.8, 4) is 17.2 Å². The number of esters is 2. The molecule has 2 aromatic rings. The molecule has 3 rings (SSSR count). The summed E-state index contributed by atoms with van der Waals surface area (Å²) in [6.45, 7) is 0.796. The van der Waals surface area contributed by atoms with E-state index in [1.165, 1.54) is 32.2 Å². The zero-order chi connectivity index (χ0) is 38.8. The highest BCUT2D eigenvalue weighted by Gasteiger charge is 2.39. The molecule has 0 radical (unpaired) electrons. The third-order valence-electron chi connectivity index (χ3n) is 8.10. The van der Waals surface area contributed by atoms with Crippen molar-refractivity contribution in [2.75, 3.05) is 26.9 Å². The lowest BCUT2D eigenvalue weighted by molar-refractivity contribution is -0.757. The summed E-state index contributed by atoms with van der Waals surface area (Å²) in [6.07, 6.45) is 9.18. The Balaban J connectivity index is 1.38. The van der Waals surface area contributed by atoms with Crippen LogP contribution < -0.4 is 19.5 Å². The minimum Gasteiger partial charge on any atom is -0.493 e. The number of aliphatic hydroxyl groups is 3. The molecule has 1 amide bonds. The fourth-order valence-electron chi connectivity index (χ4n) is 5.42. The van der Waals surface area contributed by atoms with E-state index in [0.717, 1.165) is 6.08 Å². The smallest absolute Gasteiger partial charge is 0.333 e. The molecule has 1 unspecified atom stereocenters. The largest absolute Gasteiger partial charge is 0.493 e. The number of methoxy groups -OCH3 is 1. The first-order valence-electron chi connectivity index (χ1n) is 16.9. The topological polar surface area (TPSA) is 213 Å². The number of hydrogen-bond acceptors (Lipinski definition) is 13. The first kappa shape index (κ1) is 42.5. The molecule has 16 heteroatoms. The molecule has 0 aliphatic heterocycles. The Morgan fingerprint density at radius 2 is 1.89 bits per heavy atom. The molecule has 1 saturated carbocycles. The van der Waals surface area contributed by atoms with Crippen LogP contribution in [0.15, 0.2) is 72.8 Å². The van der Waals surface area contributed by atoms with Gasteiger partial charge >= 0.3 is 11.9 Å². The van der Waals surface area contributed by atoms with Crippen LogP contribution in [-0.4, -0.2) is 89.5 Å². The Labute approximate surface area is 311 Å². The number of allylic oxidation sites excluding steroid dienone is 2. The molecule has 1 aliphatic carbocycles. The minimum atomic E-state index is -0.992. The fourth-order valence-corrected chi connectivity index (χ4v) is 5.60. The second-order valence-electron chi connectivity index (χ2n) is 12.1. The van der Waals surface area contributed by atoms with Crippen molar-refractivity contribution in [1.82, 2.24) is 5.32 Å². The van der Waals surface area contributed by atoms with Crippen LogP contribution in [0.4, 0.5) is 0 Å². The molecule has 0 spiro atoms. The van der Waals surface area contributed by atoms with Crippen LogP contribution in [0.3, 0.4) is 0 Å². The van der Waals surface area contributed by atoms with E-state index in [0.29, 0.717) is 35.6 Å². The average molecular weight is 761 g/mol. The minimum absolute atomic E-state index is 0.000976. The predicted octanol–water partition coefficient (Wildman–Crippen LogP) is 3.99. The Bertz CT molecular complexity index is 1610. The van der Waals surface area contributed by atoms with Crippen molar-refractivity contribution in [3.63, 3.8) is 0 Å². The number of nitrogens with zero attached hydrogens (tertiary/aromatic N) is 1. The maximum absolute atomic E-state index is 12.7. The first-order chi connectivity index (χ1) is 25.4. The Morgan fingerprint density at radius 3 is 2.62 bits per heavy atom. The van der Waals surface area contributed by atoms with Crippen molar-refractivity contribution < 1.29 is 58.6 Å². The number of carbonyl (C=O) groups excluding carboxylic acids is 3. The lowest BCUT2D eigenvalue weighted by Gasteiger charge is -2.19. The number of ether oxygens (including phenoxy) is 4. The van der Waals surface area contributed by atoms with Crippen LogP contribution in [0, 0.1) is 22.0 Å². The quantitative estimate of drug-likeness (QED) is 0.0270. The van der Waals surface area contributed by atoms with Gasteiger partial charge in [0.2, 0.25) is 5.91 Å². The lowest BCUT2D eigenvalue weighted by atomic mass is 9.89. The summed E-state index contributed by atoms with van der Waals surface area (Å²) in [7, 11) is 1.37. The molecule has 0 heterocycles. The number of rotatable bonds is 21. The zero-order valence-corrected chi connectivity index (χ0v) is 30.1. The predicted molar refractivity (Wildman–Crippen MR) is 192 cm³/mol. The van der Waals surface area contributed by atoms with Gasteiger partial charge in [-0.1, -0.05) is 48.0 Å². The third kappa shape index (κ3) is 15.3. The number of benzene rings is 2. The van der Waals surface area contributed by atoms with Gasteiger partial charge in [-0.2, -0.15) is 0 Å². The van der Waals surface area contributed by atoms with Crippen molar-refractivity contribution in [3.05, 3.63) is 93.5 Å². The molecule has 2 aromatic carbocycles. The van der Waals surface area contributed by atoms with Gasteiger partial charge < -0.3 is 44.4 Å². The van der Waals surface area contributed by atoms with Crippen LogP contribution in [-0.2, 0) is 24.0 Å². The van der Waals surface area contributed by atoms with Gasteiger partial charge in [0, 0.05) is 29.9 Å². The molecule has 1 fully saturated rings. The molecule has 1 aliphatic rings. The Kier molecular flexibility index (Phi) is 17.8. The van der Waals surface area contributed by atoms with Crippen molar-refractivity contribution in [2.45, 2.75) is 63.4 Å². The maximum atomic E-state index is 12.7. The van der Waals surface area contributed by atoms with Gasteiger partial charge in [-0.3, -0.25) is 4.79 Å². The number of unbranched alkanes of at least 4 members (excludes halogenated alkanes) is 1. The van der Waals surface area contributed by atoms with Gasteiger partial charge in [0.1, 0.15) is 37.7 Å². The molecule has 0 aromatic heterocycles. The van der Waals surface area contributed by atoms with E-state index >= 15 is 0 Å². The summed E-state index contributed by atoms with van der Waals surface area (Å²) in [5, 5.41) is 43.7. The van der Waals surface area contributed by atoms with Crippen LogP contribution in [0.1, 0.15) is 44.6 Å². The van der Waals surface area contributed by atoms with E-state index in [4.69, 9.17) is 30.5 Å². The maximum Gasteiger partial charge on any atom is 0.333 e. The van der Waals surface area contributed by atoms with Gasteiger partial charge in [-0.05, 0) is 74.1 Å². The molecule has 4 N–H and O–H groups in total. The van der Waals surface area contributed by atoms with Crippen LogP contribution in [0.5, 0.6) is 17.2 Å². The average Bonchev–Trinajstić information content (AvgIpc) is 3.39. The third-order valence-corrected chi connectivity index (χ3v) is 8.34. The van der Waals surface area contributed by atoms with Gasteiger partial charge in [-0.15, -0.1) is 10.1 Å².